The van der Waals surface area contributed by atoms with E-state index in [2.05, 4.69) is 13.8 Å². The van der Waals surface area contributed by atoms with Crippen molar-refractivity contribution in [2.24, 2.45) is 0 Å². The van der Waals surface area contributed by atoms with Gasteiger partial charge in [0, 0.05) is 25.7 Å². The minimum atomic E-state index is 0. The molecule has 0 N–H and O–H groups in total. The Morgan fingerprint density at radius 2 is 0.833 bits per heavy atom. The molecule has 0 aromatic rings. The first-order chi connectivity index (χ1) is 10.7. The Labute approximate surface area is 185 Å². The van der Waals surface area contributed by atoms with Gasteiger partial charge in [-0.15, -0.1) is 0 Å². The van der Waals surface area contributed by atoms with Crippen LogP contribution in [-0.2, 0) is 0 Å². The van der Waals surface area contributed by atoms with Crippen molar-refractivity contribution < 1.29 is 56.9 Å². The van der Waals surface area contributed by atoms with E-state index >= 15 is 0 Å². The third-order valence-corrected chi connectivity index (χ3v) is 7.89. The molecule has 0 bridgehead atoms. The van der Waals surface area contributed by atoms with Gasteiger partial charge in [0.15, 0.2) is 0 Å². The Kier molecular flexibility index (Phi) is 10.4. The predicted molar refractivity (Wildman–Crippen MR) is 94.8 cm³/mol. The average Bonchev–Trinajstić information content (AvgIpc) is 2.63. The van der Waals surface area contributed by atoms with Crippen molar-refractivity contribution in [1.82, 2.24) is 0 Å². The van der Waals surface area contributed by atoms with Crippen LogP contribution in [0.3, 0.4) is 0 Å². The third-order valence-electron chi connectivity index (χ3n) is 7.89. The fraction of sp³-hybridized carbons (Fsp3) is 1.00. The summed E-state index contributed by atoms with van der Waals surface area (Å²) in [4.78, 5) is 0. The lowest BCUT2D eigenvalue weighted by atomic mass is 9.84. The number of quaternary nitrogens is 2. The molecule has 3 rings (SSSR count). The first-order valence-corrected chi connectivity index (χ1v) is 10.5. The molecule has 0 amide bonds. The molecule has 0 aromatic heterocycles. The second-order valence-corrected chi connectivity index (χ2v) is 8.55. The van der Waals surface area contributed by atoms with Gasteiger partial charge >= 0.3 is 0 Å². The van der Waals surface area contributed by atoms with Crippen molar-refractivity contribution in [2.45, 2.75) is 90.1 Å². The van der Waals surface area contributed by atoms with Crippen molar-refractivity contribution in [1.29, 1.82) is 0 Å². The van der Waals surface area contributed by atoms with Crippen molar-refractivity contribution in [3.8, 4) is 0 Å². The number of piperidine rings is 2. The van der Waals surface area contributed by atoms with Gasteiger partial charge in [0.2, 0.25) is 0 Å². The molecule has 3 fully saturated rings. The number of hydrogen-bond acceptors (Lipinski definition) is 0. The fourth-order valence-corrected chi connectivity index (χ4v) is 6.32. The molecule has 24 heavy (non-hydrogen) atoms. The number of likely N-dealkylation sites (tertiary alicyclic amines) is 2. The topological polar surface area (TPSA) is 0 Å². The van der Waals surface area contributed by atoms with Crippen molar-refractivity contribution in [3.05, 3.63) is 0 Å². The minimum Gasteiger partial charge on any atom is -1.00 e. The Hall–Kier alpha value is 1.38. The van der Waals surface area contributed by atoms with Crippen LogP contribution >= 0.6 is 0 Å². The van der Waals surface area contributed by atoms with Gasteiger partial charge in [-0.2, -0.15) is 0 Å². The minimum absolute atomic E-state index is 0. The highest BCUT2D eigenvalue weighted by molar-refractivity contribution is 4.77. The summed E-state index contributed by atoms with van der Waals surface area (Å²) >= 11 is 0. The van der Waals surface area contributed by atoms with Gasteiger partial charge in [0.25, 0.3) is 0 Å². The molecule has 1 saturated carbocycles. The van der Waals surface area contributed by atoms with Crippen LogP contribution in [0.25, 0.3) is 0 Å². The molecule has 0 atom stereocenters. The Balaban J connectivity index is 0.00000144. The maximum Gasteiger partial charge on any atom is 0.0894 e. The van der Waals surface area contributed by atoms with E-state index in [1.807, 2.05) is 0 Å². The molecule has 2 nitrogen and oxygen atoms in total. The predicted octanol–water partition coefficient (Wildman–Crippen LogP) is -1.65. The molecular formula is C20H40I2N2. The van der Waals surface area contributed by atoms with Crippen LogP contribution in [0.4, 0.5) is 0 Å². The molecule has 0 spiro atoms. The standard InChI is InChI=1S/C20H40N2.2HI/c1-3-21(15-7-5-8-16-21)19-11-13-20(14-12-19)22(4-2)17-9-6-10-18-22;;/h19-20H,3-18H2,1-2H3;2*1H/q+2;;/p-2/t19-,20-;;. The van der Waals surface area contributed by atoms with Crippen LogP contribution in [0.5, 0.6) is 0 Å². The molecule has 0 radical (unpaired) electrons. The van der Waals surface area contributed by atoms with E-state index < -0.39 is 0 Å². The van der Waals surface area contributed by atoms with E-state index in [0.29, 0.717) is 0 Å². The van der Waals surface area contributed by atoms with Gasteiger partial charge in [0.1, 0.15) is 0 Å². The summed E-state index contributed by atoms with van der Waals surface area (Å²) < 4.78 is 2.97. The molecule has 0 aromatic carbocycles. The van der Waals surface area contributed by atoms with E-state index in [-0.39, 0.29) is 48.0 Å². The Morgan fingerprint density at radius 1 is 0.542 bits per heavy atom. The summed E-state index contributed by atoms with van der Waals surface area (Å²) in [6.07, 6.45) is 15.0. The maximum absolute atomic E-state index is 2.46. The highest BCUT2D eigenvalue weighted by Crippen LogP contribution is 2.37. The van der Waals surface area contributed by atoms with Crippen LogP contribution in [0.15, 0.2) is 0 Å². The summed E-state index contributed by atoms with van der Waals surface area (Å²) in [6, 6.07) is 2.01. The molecule has 4 heteroatoms. The summed E-state index contributed by atoms with van der Waals surface area (Å²) in [5, 5.41) is 0. The molecule has 3 aliphatic rings. The lowest BCUT2D eigenvalue weighted by molar-refractivity contribution is -0.968. The maximum atomic E-state index is 2.46. The van der Waals surface area contributed by atoms with E-state index in [1.165, 1.54) is 112 Å². The fourth-order valence-electron chi connectivity index (χ4n) is 6.32. The van der Waals surface area contributed by atoms with Gasteiger partial charge < -0.3 is 56.9 Å². The van der Waals surface area contributed by atoms with Crippen LogP contribution in [0.2, 0.25) is 0 Å². The molecule has 0 unspecified atom stereocenters. The van der Waals surface area contributed by atoms with Crippen molar-refractivity contribution in [3.63, 3.8) is 0 Å². The number of rotatable bonds is 4. The zero-order chi connectivity index (χ0) is 15.5. The lowest BCUT2D eigenvalue weighted by Crippen LogP contribution is -3.00. The highest BCUT2D eigenvalue weighted by atomic mass is 127. The zero-order valence-corrected chi connectivity index (χ0v) is 20.4. The second kappa shape index (κ2) is 10.6. The van der Waals surface area contributed by atoms with Crippen LogP contribution in [0, 0.1) is 0 Å². The summed E-state index contributed by atoms with van der Waals surface area (Å²) in [6.45, 7) is 13.6. The van der Waals surface area contributed by atoms with Crippen LogP contribution in [0.1, 0.15) is 78.1 Å². The monoisotopic (exact) mass is 562 g/mol. The van der Waals surface area contributed by atoms with E-state index in [1.54, 1.807) is 0 Å². The Morgan fingerprint density at radius 3 is 1.08 bits per heavy atom. The lowest BCUT2D eigenvalue weighted by Gasteiger charge is -2.53. The average molecular weight is 562 g/mol. The largest absolute Gasteiger partial charge is 1.00 e. The Bertz CT molecular complexity index is 308. The molecular weight excluding hydrogens is 522 g/mol. The molecule has 1 aliphatic carbocycles. The summed E-state index contributed by atoms with van der Waals surface area (Å²) in [7, 11) is 0. The smallest absolute Gasteiger partial charge is 0.0894 e. The van der Waals surface area contributed by atoms with E-state index in [4.69, 9.17) is 0 Å². The van der Waals surface area contributed by atoms with Gasteiger partial charge in [-0.05, 0) is 52.4 Å². The summed E-state index contributed by atoms with van der Waals surface area (Å²) in [5.41, 5.74) is 0. The van der Waals surface area contributed by atoms with Gasteiger partial charge in [-0.3, -0.25) is 0 Å². The zero-order valence-electron chi connectivity index (χ0n) is 16.1. The van der Waals surface area contributed by atoms with Gasteiger partial charge in [-0.1, -0.05) is 0 Å². The van der Waals surface area contributed by atoms with Crippen molar-refractivity contribution in [2.75, 3.05) is 39.3 Å². The van der Waals surface area contributed by atoms with E-state index in [0.717, 1.165) is 12.1 Å². The second-order valence-electron chi connectivity index (χ2n) is 8.55. The number of halogens is 2. The first-order valence-electron chi connectivity index (χ1n) is 10.5. The highest BCUT2D eigenvalue weighted by Gasteiger charge is 2.44. The van der Waals surface area contributed by atoms with Crippen molar-refractivity contribution >= 4 is 0 Å². The first kappa shape index (κ1) is 23.4. The van der Waals surface area contributed by atoms with Crippen LogP contribution < -0.4 is 48.0 Å². The van der Waals surface area contributed by atoms with E-state index in [9.17, 15) is 0 Å². The molecule has 2 heterocycles. The normalized spacial score (nSPS) is 32.2. The molecule has 2 aliphatic heterocycles. The third kappa shape index (κ3) is 4.80. The molecule has 2 saturated heterocycles. The number of hydrogen-bond donors (Lipinski definition) is 0. The molecule has 144 valence electrons. The SMILES string of the molecule is CC[N+]1([C@H]2CC[C@H]([N+]3(CC)CCCCC3)CC2)CCCCC1.[I-].[I-]. The van der Waals surface area contributed by atoms with Gasteiger partial charge in [0.05, 0.1) is 51.4 Å². The summed E-state index contributed by atoms with van der Waals surface area (Å²) in [5.74, 6) is 0. The van der Waals surface area contributed by atoms with Crippen LogP contribution in [-0.4, -0.2) is 60.3 Å². The van der Waals surface area contributed by atoms with Gasteiger partial charge in [-0.25, -0.2) is 0 Å². The quantitative estimate of drug-likeness (QED) is 0.285. The number of nitrogens with zero attached hydrogens (tertiary/aromatic N) is 2.